The van der Waals surface area contributed by atoms with Crippen molar-refractivity contribution >= 4 is 0 Å². The number of pyridine rings is 1. The third kappa shape index (κ3) is 6.00. The Kier molecular flexibility index (Phi) is 7.65. The van der Waals surface area contributed by atoms with E-state index in [1.807, 2.05) is 0 Å². The van der Waals surface area contributed by atoms with Gasteiger partial charge in [-0.3, -0.25) is 0 Å². The first-order valence-corrected chi connectivity index (χ1v) is 13.6. The molecule has 0 N–H and O–H groups in total. The predicted molar refractivity (Wildman–Crippen MR) is 136 cm³/mol. The topological polar surface area (TPSA) is 96.1 Å². The third-order valence-electron chi connectivity index (χ3n) is 6.71. The quantitative estimate of drug-likeness (QED) is 0.338. The average molecular weight is 524 g/mol. The van der Waals surface area contributed by atoms with Crippen molar-refractivity contribution in [1.29, 1.82) is 0 Å². The molecular weight excluding hydrogens is 498 g/mol. The van der Waals surface area contributed by atoms with Gasteiger partial charge in [0.25, 0.3) is 0 Å². The van der Waals surface area contributed by atoms with Crippen LogP contribution in [0.4, 0.5) is 0 Å². The van der Waals surface area contributed by atoms with Crippen LogP contribution in [0.15, 0.2) is 121 Å². The van der Waals surface area contributed by atoms with Gasteiger partial charge in [-0.05, 0) is 47.7 Å². The minimum Gasteiger partial charge on any atom is -0.222 e. The molecule has 1 aliphatic rings. The van der Waals surface area contributed by atoms with E-state index >= 15 is 0 Å². The van der Waals surface area contributed by atoms with Crippen molar-refractivity contribution in [3.63, 3.8) is 0 Å². The Morgan fingerprint density at radius 3 is 1.74 bits per heavy atom. The average Bonchev–Trinajstić information content (AvgIpc) is 2.93. The first-order valence-electron chi connectivity index (χ1n) is 12.3. The standard InChI is InChI=1S/C32H26N.ClHO4/c1-4-12-24(13-5-1)23-33-31(27-17-8-3-9-18-27)22-30(25-14-6-2-7-15-25)29-21-20-26-16-10-11-19-28(26)32(29)33;2-1(3,4)5/h1-19,22H,20-21,23H2;(H,2,3,4,5)/q+1;/p-1. The van der Waals surface area contributed by atoms with Crippen molar-refractivity contribution in [2.45, 2.75) is 19.4 Å². The van der Waals surface area contributed by atoms with Gasteiger partial charge in [0.05, 0.1) is 0 Å². The highest BCUT2D eigenvalue weighted by molar-refractivity contribution is 5.80. The summed E-state index contributed by atoms with van der Waals surface area (Å²) < 4.78 is 36.5. The van der Waals surface area contributed by atoms with Crippen LogP contribution < -0.4 is 23.2 Å². The fourth-order valence-corrected chi connectivity index (χ4v) is 5.16. The fourth-order valence-electron chi connectivity index (χ4n) is 5.16. The second-order valence-electron chi connectivity index (χ2n) is 9.11. The molecule has 0 unspecified atom stereocenters. The first kappa shape index (κ1) is 25.8. The molecule has 1 aromatic heterocycles. The summed E-state index contributed by atoms with van der Waals surface area (Å²) in [6.45, 7) is 0.844. The van der Waals surface area contributed by atoms with Gasteiger partial charge in [-0.15, -0.1) is 10.2 Å². The van der Waals surface area contributed by atoms with Gasteiger partial charge in [0.1, 0.15) is 0 Å². The number of aromatic nitrogens is 1. The molecule has 0 fully saturated rings. The molecule has 0 spiro atoms. The maximum Gasteiger partial charge on any atom is 0.217 e. The highest BCUT2D eigenvalue weighted by Crippen LogP contribution is 2.39. The molecule has 0 saturated carbocycles. The molecule has 0 atom stereocenters. The molecule has 4 aromatic carbocycles. The summed E-state index contributed by atoms with van der Waals surface area (Å²) in [5.41, 5.74) is 12.1. The van der Waals surface area contributed by atoms with Crippen molar-refractivity contribution in [3.05, 3.63) is 138 Å². The van der Waals surface area contributed by atoms with Crippen molar-refractivity contribution in [3.8, 4) is 33.6 Å². The summed E-state index contributed by atoms with van der Waals surface area (Å²) in [7, 11) is -4.94. The summed E-state index contributed by atoms with van der Waals surface area (Å²) in [6, 6.07) is 43.9. The highest BCUT2D eigenvalue weighted by atomic mass is 35.7. The van der Waals surface area contributed by atoms with E-state index < -0.39 is 10.2 Å². The van der Waals surface area contributed by atoms with Crippen molar-refractivity contribution in [1.82, 2.24) is 0 Å². The summed E-state index contributed by atoms with van der Waals surface area (Å²) >= 11 is 0. The van der Waals surface area contributed by atoms with E-state index in [1.54, 1.807) is 0 Å². The van der Waals surface area contributed by atoms with Crippen LogP contribution >= 0.6 is 0 Å². The van der Waals surface area contributed by atoms with Crippen LogP contribution in [-0.2, 0) is 19.4 Å². The number of rotatable bonds is 4. The van der Waals surface area contributed by atoms with E-state index in [2.05, 4.69) is 126 Å². The minimum atomic E-state index is -4.94. The van der Waals surface area contributed by atoms with E-state index in [9.17, 15) is 0 Å². The van der Waals surface area contributed by atoms with Gasteiger partial charge in [0.15, 0.2) is 6.54 Å². The zero-order valence-corrected chi connectivity index (χ0v) is 21.4. The molecule has 1 aliphatic carbocycles. The molecule has 38 heavy (non-hydrogen) atoms. The number of hydrogen-bond donors (Lipinski definition) is 0. The SMILES string of the molecule is [O-][Cl+3]([O-])([O-])[O-].c1ccc(C[n+]2c(-c3ccccc3)cc(-c3ccccc3)c3c2-c2ccccc2CC3)cc1. The second kappa shape index (κ2) is 11.3. The molecule has 6 rings (SSSR count). The Labute approximate surface area is 224 Å². The number of nitrogens with zero attached hydrogens (tertiary/aromatic N) is 1. The van der Waals surface area contributed by atoms with Crippen molar-refractivity contribution in [2.24, 2.45) is 0 Å². The second-order valence-corrected chi connectivity index (χ2v) is 9.87. The predicted octanol–water partition coefficient (Wildman–Crippen LogP) is 2.37. The van der Waals surface area contributed by atoms with Crippen LogP contribution in [0.25, 0.3) is 33.6 Å². The lowest BCUT2D eigenvalue weighted by atomic mass is 9.83. The molecule has 6 heteroatoms. The molecule has 5 nitrogen and oxygen atoms in total. The molecule has 190 valence electrons. The van der Waals surface area contributed by atoms with Gasteiger partial charge in [0.2, 0.25) is 11.4 Å². The van der Waals surface area contributed by atoms with Crippen LogP contribution in [0.5, 0.6) is 0 Å². The maximum absolute atomic E-state index is 8.49. The first-order chi connectivity index (χ1) is 18.4. The molecule has 0 radical (unpaired) electrons. The molecule has 0 amide bonds. The Morgan fingerprint density at radius 1 is 0.579 bits per heavy atom. The summed E-state index contributed by atoms with van der Waals surface area (Å²) in [4.78, 5) is 0. The number of halogens is 1. The molecule has 0 bridgehead atoms. The van der Waals surface area contributed by atoms with E-state index in [0.717, 1.165) is 19.4 Å². The highest BCUT2D eigenvalue weighted by Gasteiger charge is 2.31. The van der Waals surface area contributed by atoms with Gasteiger partial charge in [-0.1, -0.05) is 97.1 Å². The van der Waals surface area contributed by atoms with Gasteiger partial charge in [-0.2, -0.15) is 4.57 Å². The third-order valence-corrected chi connectivity index (χ3v) is 6.71. The molecule has 0 saturated heterocycles. The van der Waals surface area contributed by atoms with Crippen LogP contribution in [0.1, 0.15) is 16.7 Å². The molecular formula is C32H26ClNO4. The van der Waals surface area contributed by atoms with Gasteiger partial charge >= 0.3 is 0 Å². The van der Waals surface area contributed by atoms with E-state index in [4.69, 9.17) is 18.6 Å². The smallest absolute Gasteiger partial charge is 0.217 e. The number of fused-ring (bicyclic) bond motifs is 3. The Balaban J connectivity index is 0.000000540. The van der Waals surface area contributed by atoms with Crippen LogP contribution in [-0.4, -0.2) is 0 Å². The van der Waals surface area contributed by atoms with E-state index in [-0.39, 0.29) is 0 Å². The molecule has 1 heterocycles. The lowest BCUT2D eigenvalue weighted by Crippen LogP contribution is -2.68. The summed E-state index contributed by atoms with van der Waals surface area (Å²) in [6.07, 6.45) is 2.14. The fraction of sp³-hybridized carbons (Fsp3) is 0.0938. The number of benzene rings is 4. The lowest BCUT2D eigenvalue weighted by molar-refractivity contribution is -2.00. The zero-order chi connectivity index (χ0) is 26.5. The largest absolute Gasteiger partial charge is 0.222 e. The Morgan fingerprint density at radius 2 is 1.11 bits per heavy atom. The summed E-state index contributed by atoms with van der Waals surface area (Å²) in [5.74, 6) is 0. The Hall–Kier alpha value is -3.84. The van der Waals surface area contributed by atoms with Gasteiger partial charge in [-0.25, -0.2) is 18.6 Å². The monoisotopic (exact) mass is 523 g/mol. The zero-order valence-electron chi connectivity index (χ0n) is 20.6. The van der Waals surface area contributed by atoms with Gasteiger partial charge in [0, 0.05) is 28.3 Å². The maximum atomic E-state index is 8.49. The van der Waals surface area contributed by atoms with Gasteiger partial charge < -0.3 is 0 Å². The van der Waals surface area contributed by atoms with Crippen molar-refractivity contribution < 1.29 is 33.4 Å². The van der Waals surface area contributed by atoms with E-state index in [1.165, 1.54) is 50.3 Å². The number of hydrogen-bond acceptors (Lipinski definition) is 4. The summed E-state index contributed by atoms with van der Waals surface area (Å²) in [5, 5.41) is 0. The molecule has 0 aliphatic heterocycles. The van der Waals surface area contributed by atoms with Crippen LogP contribution in [0, 0.1) is 10.2 Å². The normalized spacial score (nSPS) is 12.1. The van der Waals surface area contributed by atoms with E-state index in [0.29, 0.717) is 0 Å². The van der Waals surface area contributed by atoms with Crippen LogP contribution in [0.2, 0.25) is 0 Å². The number of aryl methyl sites for hydroxylation is 1. The Bertz CT molecular complexity index is 1510. The minimum absolute atomic E-state index is 0.844. The van der Waals surface area contributed by atoms with Crippen LogP contribution in [0.3, 0.4) is 0 Å². The van der Waals surface area contributed by atoms with Crippen molar-refractivity contribution in [2.75, 3.05) is 0 Å². The molecule has 5 aromatic rings. The lowest BCUT2D eigenvalue weighted by Gasteiger charge is -2.23.